The molecule has 4 rings (SSSR count). The number of nitrogens with zero attached hydrogens (tertiary/aromatic N) is 4. The smallest absolute Gasteiger partial charge is 0.241 e. The number of rotatable bonds is 7. The van der Waals surface area contributed by atoms with Crippen LogP contribution in [0.5, 0.6) is 11.5 Å². The van der Waals surface area contributed by atoms with E-state index in [1.807, 2.05) is 29.6 Å². The summed E-state index contributed by atoms with van der Waals surface area (Å²) in [5.41, 5.74) is 1.15. The van der Waals surface area contributed by atoms with Crippen molar-refractivity contribution >= 4 is 11.3 Å². The van der Waals surface area contributed by atoms with E-state index in [1.165, 1.54) is 0 Å². The third kappa shape index (κ3) is 4.35. The summed E-state index contributed by atoms with van der Waals surface area (Å²) in [5, 5.41) is 6.11. The minimum Gasteiger partial charge on any atom is -0.497 e. The Balaban J connectivity index is 1.31. The van der Waals surface area contributed by atoms with Crippen LogP contribution in [0.25, 0.3) is 10.7 Å². The van der Waals surface area contributed by atoms with Crippen LogP contribution in [-0.4, -0.2) is 60.3 Å². The van der Waals surface area contributed by atoms with Gasteiger partial charge in [-0.1, -0.05) is 11.2 Å². The van der Waals surface area contributed by atoms with E-state index < -0.39 is 0 Å². The molecule has 0 spiro atoms. The standard InChI is InChI=1S/C20H24N4O3S/c1-25-16-5-6-17(26-2)15(12-16)13-23-7-9-24(10-8-23)14-19-21-20(22-27-19)18-4-3-11-28-18/h3-6,11-12H,7-10,13-14H2,1-2H3. The van der Waals surface area contributed by atoms with Crippen LogP contribution in [0.15, 0.2) is 40.2 Å². The molecule has 2 aromatic heterocycles. The summed E-state index contributed by atoms with van der Waals surface area (Å²) in [7, 11) is 3.39. The first-order valence-corrected chi connectivity index (χ1v) is 10.1. The van der Waals surface area contributed by atoms with Crippen molar-refractivity contribution in [2.24, 2.45) is 0 Å². The number of hydrogen-bond acceptors (Lipinski definition) is 8. The summed E-state index contributed by atoms with van der Waals surface area (Å²) in [6, 6.07) is 9.94. The van der Waals surface area contributed by atoms with Crippen LogP contribution in [0.4, 0.5) is 0 Å². The Morgan fingerprint density at radius 1 is 1.04 bits per heavy atom. The SMILES string of the molecule is COc1ccc(OC)c(CN2CCN(Cc3nc(-c4cccs4)no3)CC2)c1. The molecule has 1 aliphatic rings. The lowest BCUT2D eigenvalue weighted by Gasteiger charge is -2.34. The first kappa shape index (κ1) is 18.9. The Bertz CT molecular complexity index is 889. The van der Waals surface area contributed by atoms with Crippen LogP contribution in [0.1, 0.15) is 11.5 Å². The van der Waals surface area contributed by atoms with Gasteiger partial charge in [0.05, 0.1) is 25.6 Å². The summed E-state index contributed by atoms with van der Waals surface area (Å²) in [6.45, 7) is 5.41. The molecular formula is C20H24N4O3S. The minimum atomic E-state index is 0.673. The summed E-state index contributed by atoms with van der Waals surface area (Å²) >= 11 is 1.62. The fraction of sp³-hybridized carbons (Fsp3) is 0.400. The Kier molecular flexibility index (Phi) is 5.90. The summed E-state index contributed by atoms with van der Waals surface area (Å²) in [4.78, 5) is 10.3. The fourth-order valence-corrected chi connectivity index (χ4v) is 4.02. The van der Waals surface area contributed by atoms with Crippen molar-refractivity contribution in [2.45, 2.75) is 13.1 Å². The summed E-state index contributed by atoms with van der Waals surface area (Å²) in [6.07, 6.45) is 0. The highest BCUT2D eigenvalue weighted by atomic mass is 32.1. The molecule has 3 heterocycles. The van der Waals surface area contributed by atoms with E-state index in [0.717, 1.165) is 54.7 Å². The predicted octanol–water partition coefficient (Wildman–Crippen LogP) is 3.13. The van der Waals surface area contributed by atoms with Crippen LogP contribution in [0, 0.1) is 0 Å². The van der Waals surface area contributed by atoms with Crippen LogP contribution < -0.4 is 9.47 Å². The molecule has 8 heteroatoms. The second-order valence-electron chi connectivity index (χ2n) is 6.72. The molecule has 28 heavy (non-hydrogen) atoms. The van der Waals surface area contributed by atoms with Gasteiger partial charge in [-0.2, -0.15) is 4.98 Å². The van der Waals surface area contributed by atoms with Gasteiger partial charge in [-0.05, 0) is 29.6 Å². The van der Waals surface area contributed by atoms with E-state index in [2.05, 4.69) is 26.0 Å². The van der Waals surface area contributed by atoms with Crippen molar-refractivity contribution in [3.8, 4) is 22.2 Å². The van der Waals surface area contributed by atoms with Crippen molar-refractivity contribution in [1.29, 1.82) is 0 Å². The number of ether oxygens (including phenoxy) is 2. The fourth-order valence-electron chi connectivity index (χ4n) is 3.37. The highest BCUT2D eigenvalue weighted by Crippen LogP contribution is 2.26. The van der Waals surface area contributed by atoms with Gasteiger partial charge in [-0.3, -0.25) is 9.80 Å². The third-order valence-electron chi connectivity index (χ3n) is 4.91. The van der Waals surface area contributed by atoms with Crippen LogP contribution >= 0.6 is 11.3 Å². The molecule has 0 amide bonds. The second kappa shape index (κ2) is 8.72. The topological polar surface area (TPSA) is 63.9 Å². The van der Waals surface area contributed by atoms with E-state index in [4.69, 9.17) is 14.0 Å². The average molecular weight is 401 g/mol. The summed E-state index contributed by atoms with van der Waals surface area (Å²) in [5.74, 6) is 3.10. The molecule has 0 N–H and O–H groups in total. The number of benzene rings is 1. The number of hydrogen-bond donors (Lipinski definition) is 0. The highest BCUT2D eigenvalue weighted by Gasteiger charge is 2.21. The number of piperazine rings is 1. The molecule has 0 unspecified atom stereocenters. The molecule has 0 atom stereocenters. The van der Waals surface area contributed by atoms with E-state index in [1.54, 1.807) is 25.6 Å². The molecule has 1 fully saturated rings. The highest BCUT2D eigenvalue weighted by molar-refractivity contribution is 7.13. The molecule has 0 radical (unpaired) electrons. The van der Waals surface area contributed by atoms with E-state index in [9.17, 15) is 0 Å². The van der Waals surface area contributed by atoms with Crippen molar-refractivity contribution in [3.05, 3.63) is 47.2 Å². The van der Waals surface area contributed by atoms with Gasteiger partial charge in [0.15, 0.2) is 0 Å². The number of aromatic nitrogens is 2. The van der Waals surface area contributed by atoms with Gasteiger partial charge in [0.1, 0.15) is 11.5 Å². The van der Waals surface area contributed by atoms with E-state index in [-0.39, 0.29) is 0 Å². The Hall–Kier alpha value is -2.42. The maximum atomic E-state index is 5.50. The predicted molar refractivity (Wildman–Crippen MR) is 108 cm³/mol. The van der Waals surface area contributed by atoms with Crippen molar-refractivity contribution in [1.82, 2.24) is 19.9 Å². The zero-order chi connectivity index (χ0) is 19.3. The Labute approximate surface area is 168 Å². The normalized spacial score (nSPS) is 15.6. The quantitative estimate of drug-likeness (QED) is 0.604. The molecule has 1 aliphatic heterocycles. The second-order valence-corrected chi connectivity index (χ2v) is 7.67. The maximum absolute atomic E-state index is 5.50. The molecule has 148 valence electrons. The third-order valence-corrected chi connectivity index (χ3v) is 5.78. The van der Waals surface area contributed by atoms with Crippen molar-refractivity contribution in [2.75, 3.05) is 40.4 Å². The van der Waals surface area contributed by atoms with Crippen molar-refractivity contribution < 1.29 is 14.0 Å². The van der Waals surface area contributed by atoms with Gasteiger partial charge in [0.25, 0.3) is 0 Å². The van der Waals surface area contributed by atoms with E-state index >= 15 is 0 Å². The molecule has 1 aromatic carbocycles. The van der Waals surface area contributed by atoms with E-state index in [0.29, 0.717) is 18.3 Å². The Morgan fingerprint density at radius 2 is 1.82 bits per heavy atom. The number of thiophene rings is 1. The molecule has 7 nitrogen and oxygen atoms in total. The molecule has 3 aromatic rings. The molecular weight excluding hydrogens is 376 g/mol. The van der Waals surface area contributed by atoms with Gasteiger partial charge in [-0.15, -0.1) is 11.3 Å². The first-order valence-electron chi connectivity index (χ1n) is 9.27. The molecule has 0 saturated carbocycles. The van der Waals surface area contributed by atoms with Crippen LogP contribution in [0.2, 0.25) is 0 Å². The van der Waals surface area contributed by atoms with Gasteiger partial charge in [-0.25, -0.2) is 0 Å². The average Bonchev–Trinajstić information content (AvgIpc) is 3.41. The maximum Gasteiger partial charge on any atom is 0.241 e. The lowest BCUT2D eigenvalue weighted by molar-refractivity contribution is 0.111. The van der Waals surface area contributed by atoms with Gasteiger partial charge < -0.3 is 14.0 Å². The van der Waals surface area contributed by atoms with Crippen LogP contribution in [-0.2, 0) is 13.1 Å². The number of methoxy groups -OCH3 is 2. The molecule has 0 bridgehead atoms. The van der Waals surface area contributed by atoms with Gasteiger partial charge in [0.2, 0.25) is 11.7 Å². The molecule has 0 aliphatic carbocycles. The zero-order valence-electron chi connectivity index (χ0n) is 16.1. The van der Waals surface area contributed by atoms with Crippen molar-refractivity contribution in [3.63, 3.8) is 0 Å². The zero-order valence-corrected chi connectivity index (χ0v) is 16.9. The monoisotopic (exact) mass is 400 g/mol. The summed E-state index contributed by atoms with van der Waals surface area (Å²) < 4.78 is 16.3. The Morgan fingerprint density at radius 3 is 2.50 bits per heavy atom. The minimum absolute atomic E-state index is 0.673. The first-order chi connectivity index (χ1) is 13.7. The largest absolute Gasteiger partial charge is 0.497 e. The lowest BCUT2D eigenvalue weighted by Crippen LogP contribution is -2.45. The van der Waals surface area contributed by atoms with Gasteiger partial charge >= 0.3 is 0 Å². The molecule has 1 saturated heterocycles. The van der Waals surface area contributed by atoms with Gasteiger partial charge in [0, 0.05) is 38.3 Å². The van der Waals surface area contributed by atoms with Crippen LogP contribution in [0.3, 0.4) is 0 Å². The lowest BCUT2D eigenvalue weighted by atomic mass is 10.1.